The van der Waals surface area contributed by atoms with Gasteiger partial charge in [0.1, 0.15) is 0 Å². The predicted molar refractivity (Wildman–Crippen MR) is 136 cm³/mol. The Morgan fingerprint density at radius 1 is 1.20 bits per heavy atom. The number of anilines is 1. The first-order chi connectivity index (χ1) is 16.7. The lowest BCUT2D eigenvalue weighted by atomic mass is 10.1. The van der Waals surface area contributed by atoms with Gasteiger partial charge in [0.05, 0.1) is 28.0 Å². The monoisotopic (exact) mass is 562 g/mol. The Morgan fingerprint density at radius 3 is 2.66 bits per heavy atom. The number of hydrogen-bond acceptors (Lipinski definition) is 9. The third kappa shape index (κ3) is 6.37. The highest BCUT2D eigenvalue weighted by Gasteiger charge is 2.25. The first-order valence-corrected chi connectivity index (χ1v) is 12.1. The Morgan fingerprint density at radius 2 is 1.97 bits per heavy atom. The summed E-state index contributed by atoms with van der Waals surface area (Å²) < 4.78 is 15.9. The molecule has 184 valence electrons. The number of halogens is 1. The van der Waals surface area contributed by atoms with Gasteiger partial charge in [-0.15, -0.1) is 11.3 Å². The molecule has 11 heteroatoms. The van der Waals surface area contributed by atoms with Crippen molar-refractivity contribution in [3.63, 3.8) is 0 Å². The highest BCUT2D eigenvalue weighted by atomic mass is 79.9. The SMILES string of the molecule is CCOC(=O)COc1c(C(=O)OC)sc(-c2cccc(CNc3ccc(C)c([N+](=O)[O-])c3)c2)c1Br. The molecule has 0 atom stereocenters. The third-order valence-electron chi connectivity index (χ3n) is 4.91. The standard InChI is InChI=1S/C24H23BrN2O7S/c1-4-33-19(28)13-34-21-20(25)22(35-23(21)24(29)32-3)16-7-5-6-15(10-16)12-26-17-9-8-14(2)18(11-17)27(30)31/h5-11,26H,4,12-13H2,1-3H3. The van der Waals surface area contributed by atoms with E-state index in [-0.39, 0.29) is 29.5 Å². The highest BCUT2D eigenvalue weighted by Crippen LogP contribution is 2.46. The van der Waals surface area contributed by atoms with Crippen molar-refractivity contribution < 1.29 is 28.7 Å². The summed E-state index contributed by atoms with van der Waals surface area (Å²) in [6.07, 6.45) is 0. The van der Waals surface area contributed by atoms with E-state index >= 15 is 0 Å². The third-order valence-corrected chi connectivity index (χ3v) is 7.13. The minimum atomic E-state index is -0.584. The van der Waals surface area contributed by atoms with Gasteiger partial charge in [-0.2, -0.15) is 0 Å². The zero-order chi connectivity index (χ0) is 25.5. The van der Waals surface area contributed by atoms with E-state index in [0.717, 1.165) is 16.0 Å². The van der Waals surface area contributed by atoms with Crippen molar-refractivity contribution in [2.45, 2.75) is 20.4 Å². The van der Waals surface area contributed by atoms with E-state index < -0.39 is 16.9 Å². The number of hydrogen-bond donors (Lipinski definition) is 1. The number of benzene rings is 2. The lowest BCUT2D eigenvalue weighted by Crippen LogP contribution is -2.15. The van der Waals surface area contributed by atoms with Gasteiger partial charge in [-0.3, -0.25) is 10.1 Å². The van der Waals surface area contributed by atoms with Gasteiger partial charge in [-0.1, -0.05) is 24.3 Å². The van der Waals surface area contributed by atoms with Crippen molar-refractivity contribution in [1.82, 2.24) is 0 Å². The number of methoxy groups -OCH3 is 1. The van der Waals surface area contributed by atoms with Gasteiger partial charge in [-0.25, -0.2) is 9.59 Å². The maximum absolute atomic E-state index is 12.3. The largest absolute Gasteiger partial charge is 0.479 e. The number of thiophene rings is 1. The first-order valence-electron chi connectivity index (χ1n) is 10.5. The molecule has 0 amide bonds. The molecule has 1 N–H and O–H groups in total. The second kappa shape index (κ2) is 11.8. The van der Waals surface area contributed by atoms with Crippen molar-refractivity contribution in [2.24, 2.45) is 0 Å². The van der Waals surface area contributed by atoms with Crippen molar-refractivity contribution in [1.29, 1.82) is 0 Å². The summed E-state index contributed by atoms with van der Waals surface area (Å²) in [6, 6.07) is 12.6. The van der Waals surface area contributed by atoms with E-state index in [9.17, 15) is 19.7 Å². The number of nitro groups is 1. The van der Waals surface area contributed by atoms with E-state index in [1.54, 1.807) is 26.0 Å². The maximum Gasteiger partial charge on any atom is 0.351 e. The Balaban J connectivity index is 1.85. The van der Waals surface area contributed by atoms with E-state index in [1.807, 2.05) is 24.3 Å². The molecule has 0 bridgehead atoms. The molecule has 0 aliphatic carbocycles. The molecule has 0 saturated carbocycles. The Kier molecular flexibility index (Phi) is 8.83. The number of aryl methyl sites for hydroxylation is 1. The second-order valence-corrected chi connectivity index (χ2v) is 9.11. The van der Waals surface area contributed by atoms with Gasteiger partial charge in [0.15, 0.2) is 17.2 Å². The summed E-state index contributed by atoms with van der Waals surface area (Å²) in [5.74, 6) is -0.924. The Hall–Kier alpha value is -3.44. The van der Waals surface area contributed by atoms with Crippen LogP contribution in [-0.4, -0.2) is 37.2 Å². The topological polar surface area (TPSA) is 117 Å². The van der Waals surface area contributed by atoms with Crippen LogP contribution >= 0.6 is 27.3 Å². The van der Waals surface area contributed by atoms with Crippen LogP contribution in [0.5, 0.6) is 5.75 Å². The van der Waals surface area contributed by atoms with Crippen LogP contribution in [0.25, 0.3) is 10.4 Å². The molecule has 0 aliphatic heterocycles. The summed E-state index contributed by atoms with van der Waals surface area (Å²) in [7, 11) is 1.27. The molecule has 0 unspecified atom stereocenters. The van der Waals surface area contributed by atoms with Crippen LogP contribution in [0.1, 0.15) is 27.7 Å². The van der Waals surface area contributed by atoms with E-state index in [1.165, 1.54) is 24.5 Å². The minimum Gasteiger partial charge on any atom is -0.479 e. The summed E-state index contributed by atoms with van der Waals surface area (Å²) >= 11 is 4.67. The van der Waals surface area contributed by atoms with E-state index in [4.69, 9.17) is 14.2 Å². The normalized spacial score (nSPS) is 10.5. The average molecular weight is 563 g/mol. The molecule has 3 aromatic rings. The van der Waals surface area contributed by atoms with Gasteiger partial charge in [-0.05, 0) is 53.0 Å². The summed E-state index contributed by atoms with van der Waals surface area (Å²) in [5.41, 5.74) is 3.00. The van der Waals surface area contributed by atoms with E-state index in [2.05, 4.69) is 21.2 Å². The lowest BCUT2D eigenvalue weighted by Gasteiger charge is -2.09. The fraction of sp³-hybridized carbons (Fsp3) is 0.250. The molecule has 0 aliphatic rings. The van der Waals surface area contributed by atoms with Gasteiger partial charge >= 0.3 is 11.9 Å². The van der Waals surface area contributed by atoms with Crippen LogP contribution in [0.15, 0.2) is 46.9 Å². The molecule has 2 aromatic carbocycles. The number of nitro benzene ring substituents is 1. The molecular weight excluding hydrogens is 540 g/mol. The zero-order valence-electron chi connectivity index (χ0n) is 19.3. The first kappa shape index (κ1) is 26.2. The van der Waals surface area contributed by atoms with Crippen LogP contribution in [0.3, 0.4) is 0 Å². The van der Waals surface area contributed by atoms with Crippen molar-refractivity contribution >= 4 is 50.6 Å². The molecule has 0 radical (unpaired) electrons. The summed E-state index contributed by atoms with van der Waals surface area (Å²) in [5, 5.41) is 14.4. The van der Waals surface area contributed by atoms with Gasteiger partial charge < -0.3 is 19.5 Å². The van der Waals surface area contributed by atoms with Crippen molar-refractivity contribution in [3.05, 3.63) is 73.1 Å². The average Bonchev–Trinajstić information content (AvgIpc) is 3.18. The van der Waals surface area contributed by atoms with Gasteiger partial charge in [0, 0.05) is 23.9 Å². The Bertz CT molecular complexity index is 1260. The van der Waals surface area contributed by atoms with E-state index in [0.29, 0.717) is 22.3 Å². The smallest absolute Gasteiger partial charge is 0.351 e. The number of esters is 2. The number of ether oxygens (including phenoxy) is 3. The minimum absolute atomic E-state index is 0.0527. The molecule has 3 rings (SSSR count). The quantitative estimate of drug-likeness (QED) is 0.189. The highest BCUT2D eigenvalue weighted by molar-refractivity contribution is 9.10. The number of carbonyl (C=O) groups excluding carboxylic acids is 2. The van der Waals surface area contributed by atoms with Crippen LogP contribution in [0.4, 0.5) is 11.4 Å². The second-order valence-electron chi connectivity index (χ2n) is 7.30. The Labute approximate surface area is 214 Å². The summed E-state index contributed by atoms with van der Waals surface area (Å²) in [6.45, 7) is 3.68. The zero-order valence-corrected chi connectivity index (χ0v) is 21.7. The molecule has 9 nitrogen and oxygen atoms in total. The van der Waals surface area contributed by atoms with Crippen LogP contribution in [0, 0.1) is 17.0 Å². The fourth-order valence-corrected chi connectivity index (χ4v) is 5.18. The van der Waals surface area contributed by atoms with Gasteiger partial charge in [0.2, 0.25) is 0 Å². The number of nitrogens with one attached hydrogen (secondary N) is 1. The van der Waals surface area contributed by atoms with Crippen molar-refractivity contribution in [3.8, 4) is 16.2 Å². The predicted octanol–water partition coefficient (Wildman–Crippen LogP) is 5.73. The number of nitrogens with zero attached hydrogens (tertiary/aromatic N) is 1. The molecule has 0 saturated heterocycles. The van der Waals surface area contributed by atoms with Crippen LogP contribution in [-0.2, 0) is 20.8 Å². The molecule has 1 heterocycles. The van der Waals surface area contributed by atoms with Crippen molar-refractivity contribution in [2.75, 3.05) is 25.6 Å². The van der Waals surface area contributed by atoms with Crippen LogP contribution in [0.2, 0.25) is 0 Å². The number of rotatable bonds is 10. The molecule has 0 spiro atoms. The number of carbonyl (C=O) groups is 2. The summed E-state index contributed by atoms with van der Waals surface area (Å²) in [4.78, 5) is 35.8. The molecule has 35 heavy (non-hydrogen) atoms. The molecule has 0 fully saturated rings. The van der Waals surface area contributed by atoms with Crippen LogP contribution < -0.4 is 10.1 Å². The van der Waals surface area contributed by atoms with Gasteiger partial charge in [0.25, 0.3) is 5.69 Å². The fourth-order valence-electron chi connectivity index (χ4n) is 3.21. The lowest BCUT2D eigenvalue weighted by molar-refractivity contribution is -0.385. The maximum atomic E-state index is 12.3. The molecular formula is C24H23BrN2O7S. The molecule has 1 aromatic heterocycles.